The van der Waals surface area contributed by atoms with E-state index in [4.69, 9.17) is 4.74 Å². The molecule has 1 aromatic heterocycles. The van der Waals surface area contributed by atoms with Crippen LogP contribution in [0.25, 0.3) is 0 Å². The molecule has 1 atom stereocenters. The summed E-state index contributed by atoms with van der Waals surface area (Å²) in [6.45, 7) is 4.02. The van der Waals surface area contributed by atoms with E-state index in [1.54, 1.807) is 0 Å². The van der Waals surface area contributed by atoms with Gasteiger partial charge in [0, 0.05) is 29.0 Å². The molecule has 1 aliphatic rings. The van der Waals surface area contributed by atoms with E-state index < -0.39 is 0 Å². The number of nitrogens with one attached hydrogen (secondary N) is 1. The van der Waals surface area contributed by atoms with Crippen LogP contribution in [-0.2, 0) is 4.74 Å². The molecule has 0 amide bonds. The van der Waals surface area contributed by atoms with E-state index in [1.165, 1.54) is 22.6 Å². The number of hydrogen-bond acceptors (Lipinski definition) is 3. The largest absolute Gasteiger partial charge is 0.381 e. The average molecular weight is 225 g/mol. The van der Waals surface area contributed by atoms with E-state index in [1.807, 2.05) is 11.3 Å². The summed E-state index contributed by atoms with van der Waals surface area (Å²) in [4.78, 5) is 2.87. The molecule has 1 saturated heterocycles. The van der Waals surface area contributed by atoms with E-state index in [9.17, 15) is 0 Å². The maximum atomic E-state index is 5.41. The Morgan fingerprint density at radius 1 is 1.40 bits per heavy atom. The van der Waals surface area contributed by atoms with Crippen LogP contribution in [0.4, 0.5) is 0 Å². The quantitative estimate of drug-likeness (QED) is 0.854. The molecule has 84 valence electrons. The molecule has 2 nitrogen and oxygen atoms in total. The van der Waals surface area contributed by atoms with E-state index in [0.29, 0.717) is 6.04 Å². The van der Waals surface area contributed by atoms with Crippen LogP contribution >= 0.6 is 11.3 Å². The molecule has 0 aliphatic carbocycles. The summed E-state index contributed by atoms with van der Waals surface area (Å²) in [5.41, 5.74) is 0. The lowest BCUT2D eigenvalue weighted by atomic mass is 9.91. The monoisotopic (exact) mass is 225 g/mol. The van der Waals surface area contributed by atoms with Crippen molar-refractivity contribution in [3.8, 4) is 0 Å². The van der Waals surface area contributed by atoms with Crippen molar-refractivity contribution in [3.63, 3.8) is 0 Å². The highest BCUT2D eigenvalue weighted by molar-refractivity contribution is 7.12. The van der Waals surface area contributed by atoms with Gasteiger partial charge in [-0.15, -0.1) is 11.3 Å². The predicted octanol–water partition coefficient (Wildman–Crippen LogP) is 2.74. The second kappa shape index (κ2) is 5.10. The molecule has 2 heterocycles. The van der Waals surface area contributed by atoms with E-state index in [2.05, 4.69) is 31.4 Å². The minimum atomic E-state index is 0.521. The zero-order valence-electron chi connectivity index (χ0n) is 9.45. The van der Waals surface area contributed by atoms with Crippen LogP contribution in [0, 0.1) is 12.8 Å². The molecule has 1 unspecified atom stereocenters. The lowest BCUT2D eigenvalue weighted by molar-refractivity contribution is 0.0550. The van der Waals surface area contributed by atoms with Gasteiger partial charge in [0.1, 0.15) is 0 Å². The summed E-state index contributed by atoms with van der Waals surface area (Å²) in [7, 11) is 2.06. The van der Waals surface area contributed by atoms with Crippen molar-refractivity contribution in [1.29, 1.82) is 0 Å². The van der Waals surface area contributed by atoms with Gasteiger partial charge in [0.2, 0.25) is 0 Å². The first-order valence-corrected chi connectivity index (χ1v) is 6.44. The molecule has 15 heavy (non-hydrogen) atoms. The Morgan fingerprint density at radius 2 is 2.13 bits per heavy atom. The van der Waals surface area contributed by atoms with Crippen LogP contribution < -0.4 is 5.32 Å². The summed E-state index contributed by atoms with van der Waals surface area (Å²) in [6.07, 6.45) is 2.37. The molecule has 0 bridgehead atoms. The third-order valence-electron chi connectivity index (χ3n) is 3.12. The topological polar surface area (TPSA) is 21.3 Å². The van der Waals surface area contributed by atoms with E-state index >= 15 is 0 Å². The number of hydrogen-bond donors (Lipinski definition) is 1. The van der Waals surface area contributed by atoms with Crippen molar-refractivity contribution in [3.05, 3.63) is 21.9 Å². The van der Waals surface area contributed by atoms with Crippen molar-refractivity contribution >= 4 is 11.3 Å². The highest BCUT2D eigenvalue weighted by Crippen LogP contribution is 2.33. The SMILES string of the molecule is CNC(c1ccc(C)s1)C1CCOCC1. The van der Waals surface area contributed by atoms with Gasteiger partial charge in [-0.1, -0.05) is 0 Å². The van der Waals surface area contributed by atoms with Gasteiger partial charge < -0.3 is 10.1 Å². The number of rotatable bonds is 3. The van der Waals surface area contributed by atoms with E-state index in [0.717, 1.165) is 19.1 Å². The summed E-state index contributed by atoms with van der Waals surface area (Å²) in [5.74, 6) is 0.738. The fraction of sp³-hybridized carbons (Fsp3) is 0.667. The zero-order chi connectivity index (χ0) is 10.7. The van der Waals surface area contributed by atoms with Crippen molar-refractivity contribution in [2.75, 3.05) is 20.3 Å². The minimum absolute atomic E-state index is 0.521. The van der Waals surface area contributed by atoms with Crippen molar-refractivity contribution in [2.45, 2.75) is 25.8 Å². The van der Waals surface area contributed by atoms with Crippen molar-refractivity contribution in [1.82, 2.24) is 5.32 Å². The van der Waals surface area contributed by atoms with Crippen LogP contribution in [0.1, 0.15) is 28.6 Å². The Balaban J connectivity index is 2.08. The van der Waals surface area contributed by atoms with Gasteiger partial charge in [-0.2, -0.15) is 0 Å². The first kappa shape index (κ1) is 11.1. The summed E-state index contributed by atoms with van der Waals surface area (Å²) >= 11 is 1.91. The predicted molar refractivity (Wildman–Crippen MR) is 64.4 cm³/mol. The Morgan fingerprint density at radius 3 is 2.67 bits per heavy atom. The van der Waals surface area contributed by atoms with Crippen molar-refractivity contribution < 1.29 is 4.74 Å². The van der Waals surface area contributed by atoms with Crippen LogP contribution in [0.5, 0.6) is 0 Å². The Kier molecular flexibility index (Phi) is 3.78. The normalized spacial score (nSPS) is 20.4. The number of ether oxygens (including phenoxy) is 1. The van der Waals surface area contributed by atoms with Crippen LogP contribution in [0.3, 0.4) is 0 Å². The number of aryl methyl sites for hydroxylation is 1. The first-order valence-electron chi connectivity index (χ1n) is 5.62. The fourth-order valence-electron chi connectivity index (χ4n) is 2.28. The molecule has 1 aliphatic heterocycles. The summed E-state index contributed by atoms with van der Waals surface area (Å²) in [5, 5.41) is 3.46. The van der Waals surface area contributed by atoms with Crippen LogP contribution in [0.2, 0.25) is 0 Å². The molecule has 0 saturated carbocycles. The fourth-order valence-corrected chi connectivity index (χ4v) is 3.36. The molecule has 3 heteroatoms. The number of thiophene rings is 1. The van der Waals surface area contributed by atoms with Gasteiger partial charge in [0.15, 0.2) is 0 Å². The Labute approximate surface area is 95.6 Å². The smallest absolute Gasteiger partial charge is 0.0469 e. The van der Waals surface area contributed by atoms with Gasteiger partial charge in [-0.25, -0.2) is 0 Å². The maximum absolute atomic E-state index is 5.41. The molecular formula is C12H19NOS. The first-order chi connectivity index (χ1) is 7.31. The van der Waals surface area contributed by atoms with Gasteiger partial charge in [0.25, 0.3) is 0 Å². The molecule has 0 spiro atoms. The minimum Gasteiger partial charge on any atom is -0.381 e. The van der Waals surface area contributed by atoms with Crippen LogP contribution in [0.15, 0.2) is 12.1 Å². The molecule has 1 fully saturated rings. The lowest BCUT2D eigenvalue weighted by Crippen LogP contribution is -2.29. The molecule has 1 aromatic rings. The third kappa shape index (κ3) is 2.60. The van der Waals surface area contributed by atoms with Crippen molar-refractivity contribution in [2.24, 2.45) is 5.92 Å². The third-order valence-corrected chi connectivity index (χ3v) is 4.20. The lowest BCUT2D eigenvalue weighted by Gasteiger charge is -2.29. The Hall–Kier alpha value is -0.380. The second-order valence-corrected chi connectivity index (χ2v) is 5.48. The van der Waals surface area contributed by atoms with E-state index in [-0.39, 0.29) is 0 Å². The average Bonchev–Trinajstić information content (AvgIpc) is 2.68. The molecular weight excluding hydrogens is 206 g/mol. The highest BCUT2D eigenvalue weighted by Gasteiger charge is 2.24. The van der Waals surface area contributed by atoms with Gasteiger partial charge in [-0.3, -0.25) is 0 Å². The Bertz CT molecular complexity index is 304. The second-order valence-electron chi connectivity index (χ2n) is 4.16. The molecule has 0 radical (unpaired) electrons. The van der Waals surface area contributed by atoms with Gasteiger partial charge in [-0.05, 0) is 44.9 Å². The standard InChI is InChI=1S/C12H19NOS/c1-9-3-4-11(15-9)12(13-2)10-5-7-14-8-6-10/h3-4,10,12-13H,5-8H2,1-2H3. The summed E-state index contributed by atoms with van der Waals surface area (Å²) < 4.78 is 5.41. The molecule has 2 rings (SSSR count). The van der Waals surface area contributed by atoms with Crippen LogP contribution in [-0.4, -0.2) is 20.3 Å². The summed E-state index contributed by atoms with van der Waals surface area (Å²) in [6, 6.07) is 4.99. The zero-order valence-corrected chi connectivity index (χ0v) is 10.3. The van der Waals surface area contributed by atoms with Gasteiger partial charge in [0.05, 0.1) is 0 Å². The van der Waals surface area contributed by atoms with Gasteiger partial charge >= 0.3 is 0 Å². The molecule has 1 N–H and O–H groups in total. The molecule has 0 aromatic carbocycles. The maximum Gasteiger partial charge on any atom is 0.0469 e. The highest BCUT2D eigenvalue weighted by atomic mass is 32.1.